The molecule has 0 aromatic carbocycles. The van der Waals surface area contributed by atoms with E-state index in [1.165, 1.54) is 0 Å². The van der Waals surface area contributed by atoms with E-state index in [1.54, 1.807) is 13.8 Å². The van der Waals surface area contributed by atoms with E-state index in [4.69, 9.17) is 15.3 Å². The predicted octanol–water partition coefficient (Wildman–Crippen LogP) is 0.570. The third kappa shape index (κ3) is 1.07. The fourth-order valence-corrected chi connectivity index (χ4v) is 3.11. The SMILES string of the molecule is CCC1(CC)C(CO)C1(C(=O)O)C(=O)O. The highest BCUT2D eigenvalue weighted by Gasteiger charge is 2.83. The number of hydrogen-bond acceptors (Lipinski definition) is 3. The molecule has 1 saturated carbocycles. The molecule has 1 rings (SSSR count). The average molecular weight is 216 g/mol. The van der Waals surface area contributed by atoms with Crippen LogP contribution in [0, 0.1) is 16.7 Å². The number of hydrogen-bond donors (Lipinski definition) is 3. The van der Waals surface area contributed by atoms with E-state index in [2.05, 4.69) is 0 Å². The Labute approximate surface area is 87.7 Å². The molecule has 0 aliphatic heterocycles. The van der Waals surface area contributed by atoms with Gasteiger partial charge in [0.1, 0.15) is 0 Å². The van der Waals surface area contributed by atoms with E-state index < -0.39 is 28.7 Å². The molecule has 86 valence electrons. The highest BCUT2D eigenvalue weighted by molar-refractivity contribution is 6.04. The third-order valence-corrected chi connectivity index (χ3v) is 4.01. The van der Waals surface area contributed by atoms with Gasteiger partial charge in [-0.3, -0.25) is 9.59 Å². The van der Waals surface area contributed by atoms with Gasteiger partial charge >= 0.3 is 11.9 Å². The van der Waals surface area contributed by atoms with Gasteiger partial charge in [0.2, 0.25) is 0 Å². The van der Waals surface area contributed by atoms with E-state index in [-0.39, 0.29) is 6.61 Å². The number of aliphatic carboxylic acids is 2. The molecule has 5 heteroatoms. The molecule has 1 atom stereocenters. The third-order valence-electron chi connectivity index (χ3n) is 4.01. The standard InChI is InChI=1S/C10H16O5/c1-3-9(4-2)6(5-11)10(9,7(12)13)8(14)15/h6,11H,3-5H2,1-2H3,(H,12,13)(H,14,15). The Morgan fingerprint density at radius 3 is 1.60 bits per heavy atom. The van der Waals surface area contributed by atoms with Crippen LogP contribution in [0.1, 0.15) is 26.7 Å². The van der Waals surface area contributed by atoms with Crippen LogP contribution in [0.15, 0.2) is 0 Å². The fourth-order valence-electron chi connectivity index (χ4n) is 3.11. The zero-order chi connectivity index (χ0) is 11.9. The molecule has 0 spiro atoms. The van der Waals surface area contributed by atoms with Crippen LogP contribution in [0.25, 0.3) is 0 Å². The van der Waals surface area contributed by atoms with Crippen molar-refractivity contribution in [2.24, 2.45) is 16.7 Å². The minimum Gasteiger partial charge on any atom is -0.480 e. The molecule has 0 amide bonds. The number of carbonyl (C=O) groups is 2. The van der Waals surface area contributed by atoms with Gasteiger partial charge in [-0.2, -0.15) is 0 Å². The highest BCUT2D eigenvalue weighted by Crippen LogP contribution is 2.72. The lowest BCUT2D eigenvalue weighted by Gasteiger charge is -2.15. The molecule has 1 fully saturated rings. The molecular formula is C10H16O5. The Bertz CT molecular complexity index is 278. The summed E-state index contributed by atoms with van der Waals surface area (Å²) in [5.74, 6) is -3.34. The van der Waals surface area contributed by atoms with Crippen molar-refractivity contribution >= 4 is 11.9 Å². The van der Waals surface area contributed by atoms with Gasteiger partial charge in [0.05, 0.1) is 0 Å². The van der Waals surface area contributed by atoms with Gasteiger partial charge in [-0.15, -0.1) is 0 Å². The summed E-state index contributed by atoms with van der Waals surface area (Å²) in [5.41, 5.74) is -2.58. The predicted molar refractivity (Wildman–Crippen MR) is 51.3 cm³/mol. The van der Waals surface area contributed by atoms with Gasteiger partial charge < -0.3 is 15.3 Å². The highest BCUT2D eigenvalue weighted by atomic mass is 16.4. The molecule has 1 unspecified atom stereocenters. The van der Waals surface area contributed by atoms with Crippen molar-refractivity contribution in [3.63, 3.8) is 0 Å². The van der Waals surface area contributed by atoms with Crippen molar-refractivity contribution in [2.45, 2.75) is 26.7 Å². The maximum absolute atomic E-state index is 11.1. The monoisotopic (exact) mass is 216 g/mol. The van der Waals surface area contributed by atoms with Gasteiger partial charge in [0.25, 0.3) is 0 Å². The summed E-state index contributed by atoms with van der Waals surface area (Å²) in [6.45, 7) is 3.14. The topological polar surface area (TPSA) is 94.8 Å². The molecule has 1 aliphatic rings. The van der Waals surface area contributed by atoms with Crippen molar-refractivity contribution in [3.8, 4) is 0 Å². The van der Waals surface area contributed by atoms with E-state index in [1.807, 2.05) is 0 Å². The van der Waals surface area contributed by atoms with Crippen LogP contribution in [0.2, 0.25) is 0 Å². The van der Waals surface area contributed by atoms with Crippen LogP contribution in [0.3, 0.4) is 0 Å². The first-order valence-corrected chi connectivity index (χ1v) is 5.03. The number of rotatable bonds is 5. The number of aliphatic hydroxyl groups is 1. The first kappa shape index (κ1) is 12.0. The molecule has 0 aromatic heterocycles. The number of carboxylic acids is 2. The quantitative estimate of drug-likeness (QED) is 0.584. The fraction of sp³-hybridized carbons (Fsp3) is 0.800. The normalized spacial score (nSPS) is 25.9. The summed E-state index contributed by atoms with van der Waals surface area (Å²) in [7, 11) is 0. The molecular weight excluding hydrogens is 200 g/mol. The summed E-state index contributed by atoms with van der Waals surface area (Å²) < 4.78 is 0. The maximum atomic E-state index is 11.1. The largest absolute Gasteiger partial charge is 0.480 e. The van der Waals surface area contributed by atoms with Crippen LogP contribution in [-0.4, -0.2) is 33.9 Å². The molecule has 0 heterocycles. The summed E-state index contributed by atoms with van der Waals surface area (Å²) in [4.78, 5) is 22.3. The van der Waals surface area contributed by atoms with Crippen molar-refractivity contribution < 1.29 is 24.9 Å². The van der Waals surface area contributed by atoms with Crippen LogP contribution in [-0.2, 0) is 9.59 Å². The van der Waals surface area contributed by atoms with Gasteiger partial charge in [-0.05, 0) is 12.8 Å². The minimum atomic E-state index is -1.79. The first-order chi connectivity index (χ1) is 6.95. The van der Waals surface area contributed by atoms with E-state index in [9.17, 15) is 9.59 Å². The molecule has 3 N–H and O–H groups in total. The van der Waals surface area contributed by atoms with Crippen LogP contribution >= 0.6 is 0 Å². The van der Waals surface area contributed by atoms with Gasteiger partial charge in [0.15, 0.2) is 5.41 Å². The molecule has 0 bridgehead atoms. The average Bonchev–Trinajstić information content (AvgIpc) is 2.81. The second-order valence-electron chi connectivity index (χ2n) is 4.02. The first-order valence-electron chi connectivity index (χ1n) is 5.03. The van der Waals surface area contributed by atoms with Crippen LogP contribution in [0.5, 0.6) is 0 Å². The Balaban J connectivity index is 3.22. The lowest BCUT2D eigenvalue weighted by molar-refractivity contribution is -0.160. The Kier molecular flexibility index (Phi) is 2.78. The summed E-state index contributed by atoms with van der Waals surface area (Å²) in [6, 6.07) is 0. The Morgan fingerprint density at radius 2 is 1.53 bits per heavy atom. The van der Waals surface area contributed by atoms with E-state index >= 15 is 0 Å². The molecule has 0 radical (unpaired) electrons. The van der Waals surface area contributed by atoms with Crippen molar-refractivity contribution in [3.05, 3.63) is 0 Å². The van der Waals surface area contributed by atoms with Crippen molar-refractivity contribution in [2.75, 3.05) is 6.61 Å². The zero-order valence-corrected chi connectivity index (χ0v) is 8.86. The number of carboxylic acid groups (broad SMARTS) is 2. The Hall–Kier alpha value is -1.10. The van der Waals surface area contributed by atoms with E-state index in [0.29, 0.717) is 12.8 Å². The summed E-state index contributed by atoms with van der Waals surface area (Å²) in [6.07, 6.45) is 0.903. The summed E-state index contributed by atoms with van der Waals surface area (Å²) >= 11 is 0. The lowest BCUT2D eigenvalue weighted by Crippen LogP contribution is -2.32. The van der Waals surface area contributed by atoms with Crippen LogP contribution in [0.4, 0.5) is 0 Å². The lowest BCUT2D eigenvalue weighted by atomic mass is 9.88. The van der Waals surface area contributed by atoms with Crippen molar-refractivity contribution in [1.82, 2.24) is 0 Å². The summed E-state index contributed by atoms with van der Waals surface area (Å²) in [5, 5.41) is 27.3. The molecule has 0 saturated heterocycles. The molecule has 15 heavy (non-hydrogen) atoms. The molecule has 5 nitrogen and oxygen atoms in total. The van der Waals surface area contributed by atoms with Gasteiger partial charge in [0, 0.05) is 17.9 Å². The zero-order valence-electron chi connectivity index (χ0n) is 8.86. The number of aliphatic hydroxyl groups excluding tert-OH is 1. The van der Waals surface area contributed by atoms with Crippen molar-refractivity contribution in [1.29, 1.82) is 0 Å². The Morgan fingerprint density at radius 1 is 1.13 bits per heavy atom. The van der Waals surface area contributed by atoms with Crippen LogP contribution < -0.4 is 0 Å². The molecule has 0 aromatic rings. The molecule has 1 aliphatic carbocycles. The second kappa shape index (κ2) is 3.48. The minimum absolute atomic E-state index is 0.389. The second-order valence-corrected chi connectivity index (χ2v) is 4.02. The van der Waals surface area contributed by atoms with Gasteiger partial charge in [-0.25, -0.2) is 0 Å². The maximum Gasteiger partial charge on any atom is 0.322 e. The van der Waals surface area contributed by atoms with E-state index in [0.717, 1.165) is 0 Å². The smallest absolute Gasteiger partial charge is 0.322 e. The van der Waals surface area contributed by atoms with Gasteiger partial charge in [-0.1, -0.05) is 13.8 Å².